The van der Waals surface area contributed by atoms with Gasteiger partial charge in [0.25, 0.3) is 0 Å². The molecule has 1 heterocycles. The molecule has 0 atom stereocenters. The lowest BCUT2D eigenvalue weighted by molar-refractivity contribution is 0.111. The summed E-state index contributed by atoms with van der Waals surface area (Å²) in [5.74, 6) is 0. The molecule has 4 heteroatoms. The molecule has 1 aromatic heterocycles. The molecule has 0 N–H and O–H groups in total. The van der Waals surface area contributed by atoms with Crippen molar-refractivity contribution < 1.29 is 4.79 Å². The zero-order valence-corrected chi connectivity index (χ0v) is 9.73. The number of carbonyl (C=O) groups is 1. The summed E-state index contributed by atoms with van der Waals surface area (Å²) < 4.78 is 2.32. The van der Waals surface area contributed by atoms with Gasteiger partial charge in [-0.25, -0.2) is 4.68 Å². The Kier molecular flexibility index (Phi) is 2.68. The lowest BCUT2D eigenvalue weighted by Gasteiger charge is -2.04. The molecule has 15 heavy (non-hydrogen) atoms. The Balaban J connectivity index is 2.58. The summed E-state index contributed by atoms with van der Waals surface area (Å²) in [6, 6.07) is 7.84. The quantitative estimate of drug-likeness (QED) is 0.782. The van der Waals surface area contributed by atoms with Crippen molar-refractivity contribution >= 4 is 22.2 Å². The van der Waals surface area contributed by atoms with Crippen LogP contribution >= 0.6 is 15.9 Å². The van der Waals surface area contributed by atoms with Crippen molar-refractivity contribution in [1.82, 2.24) is 9.78 Å². The van der Waals surface area contributed by atoms with Crippen LogP contribution in [-0.2, 0) is 0 Å². The molecule has 1 aromatic carbocycles. The molecule has 3 nitrogen and oxygen atoms in total. The van der Waals surface area contributed by atoms with E-state index in [4.69, 9.17) is 0 Å². The van der Waals surface area contributed by atoms with Gasteiger partial charge in [-0.05, 0) is 40.5 Å². The summed E-state index contributed by atoms with van der Waals surface area (Å²) in [6.45, 7) is 2.00. The van der Waals surface area contributed by atoms with Crippen LogP contribution in [0.1, 0.15) is 16.1 Å². The van der Waals surface area contributed by atoms with Crippen molar-refractivity contribution in [3.05, 3.63) is 46.2 Å². The van der Waals surface area contributed by atoms with Gasteiger partial charge in [-0.15, -0.1) is 0 Å². The standard InChI is InChI=1S/C11H9BrN2O/c1-8-3-2-4-9(5-8)14-11(7-15)10(12)6-13-14/h2-7H,1H3. The molecule has 0 spiro atoms. The van der Waals surface area contributed by atoms with Crippen molar-refractivity contribution in [3.8, 4) is 5.69 Å². The highest BCUT2D eigenvalue weighted by molar-refractivity contribution is 9.10. The third kappa shape index (κ3) is 1.85. The number of aldehydes is 1. The van der Waals surface area contributed by atoms with Crippen molar-refractivity contribution in [2.75, 3.05) is 0 Å². The molecule has 0 radical (unpaired) electrons. The maximum Gasteiger partial charge on any atom is 0.169 e. The molecule has 0 bridgehead atoms. The smallest absolute Gasteiger partial charge is 0.169 e. The molecular formula is C11H9BrN2O. The van der Waals surface area contributed by atoms with Crippen molar-refractivity contribution in [2.45, 2.75) is 6.92 Å². The minimum atomic E-state index is 0.528. The summed E-state index contributed by atoms with van der Waals surface area (Å²) >= 11 is 3.28. The van der Waals surface area contributed by atoms with Gasteiger partial charge in [-0.1, -0.05) is 12.1 Å². The number of aryl methyl sites for hydroxylation is 1. The van der Waals surface area contributed by atoms with Crippen molar-refractivity contribution in [3.63, 3.8) is 0 Å². The Bertz CT molecular complexity index is 505. The SMILES string of the molecule is Cc1cccc(-n2ncc(Br)c2C=O)c1. The Morgan fingerprint density at radius 1 is 1.47 bits per heavy atom. The Labute approximate surface area is 95.9 Å². The Morgan fingerprint density at radius 3 is 2.93 bits per heavy atom. The molecule has 0 saturated heterocycles. The monoisotopic (exact) mass is 264 g/mol. The number of hydrogen-bond donors (Lipinski definition) is 0. The second-order valence-electron chi connectivity index (χ2n) is 3.25. The summed E-state index contributed by atoms with van der Waals surface area (Å²) in [7, 11) is 0. The van der Waals surface area contributed by atoms with Crippen LogP contribution in [0.2, 0.25) is 0 Å². The fourth-order valence-corrected chi connectivity index (χ4v) is 1.76. The van der Waals surface area contributed by atoms with Gasteiger partial charge in [0.2, 0.25) is 0 Å². The first-order valence-electron chi connectivity index (χ1n) is 4.48. The summed E-state index contributed by atoms with van der Waals surface area (Å²) in [5, 5.41) is 4.14. The van der Waals surface area contributed by atoms with Crippen molar-refractivity contribution in [2.24, 2.45) is 0 Å². The first-order chi connectivity index (χ1) is 7.22. The molecule has 0 aliphatic rings. The van der Waals surface area contributed by atoms with E-state index in [-0.39, 0.29) is 0 Å². The van der Waals surface area contributed by atoms with Crippen LogP contribution in [0, 0.1) is 6.92 Å². The maximum atomic E-state index is 10.9. The Hall–Kier alpha value is -1.42. The third-order valence-corrected chi connectivity index (χ3v) is 2.73. The zero-order chi connectivity index (χ0) is 10.8. The van der Waals surface area contributed by atoms with Crippen LogP contribution in [0.3, 0.4) is 0 Å². The topological polar surface area (TPSA) is 34.9 Å². The zero-order valence-electron chi connectivity index (χ0n) is 8.14. The molecule has 0 fully saturated rings. The highest BCUT2D eigenvalue weighted by Gasteiger charge is 2.08. The second kappa shape index (κ2) is 3.98. The van der Waals surface area contributed by atoms with Gasteiger partial charge in [0.15, 0.2) is 6.29 Å². The third-order valence-electron chi connectivity index (χ3n) is 2.12. The van der Waals surface area contributed by atoms with Crippen LogP contribution in [0.5, 0.6) is 0 Å². The van der Waals surface area contributed by atoms with Crippen LogP contribution in [0.15, 0.2) is 34.9 Å². The summed E-state index contributed by atoms with van der Waals surface area (Å²) in [5.41, 5.74) is 2.55. The number of halogens is 1. The van der Waals surface area contributed by atoms with Crippen LogP contribution < -0.4 is 0 Å². The first kappa shape index (κ1) is 10.1. The van der Waals surface area contributed by atoms with Gasteiger partial charge in [-0.3, -0.25) is 4.79 Å². The van der Waals surface area contributed by atoms with Gasteiger partial charge in [0.1, 0.15) is 5.69 Å². The van der Waals surface area contributed by atoms with Gasteiger partial charge in [0.05, 0.1) is 16.4 Å². The number of carbonyl (C=O) groups excluding carboxylic acids is 1. The van der Waals surface area contributed by atoms with E-state index in [2.05, 4.69) is 21.0 Å². The number of nitrogens with zero attached hydrogens (tertiary/aromatic N) is 2. The fraction of sp³-hybridized carbons (Fsp3) is 0.0909. The second-order valence-corrected chi connectivity index (χ2v) is 4.10. The normalized spacial score (nSPS) is 10.3. The summed E-state index contributed by atoms with van der Waals surface area (Å²) in [6.07, 6.45) is 2.41. The molecule has 0 saturated carbocycles. The van der Waals surface area contributed by atoms with Crippen LogP contribution in [0.4, 0.5) is 0 Å². The van der Waals surface area contributed by atoms with Crippen LogP contribution in [-0.4, -0.2) is 16.1 Å². The van der Waals surface area contributed by atoms with E-state index < -0.39 is 0 Å². The van der Waals surface area contributed by atoms with E-state index in [0.717, 1.165) is 17.5 Å². The highest BCUT2D eigenvalue weighted by atomic mass is 79.9. The van der Waals surface area contributed by atoms with Gasteiger partial charge in [-0.2, -0.15) is 5.10 Å². The molecule has 0 aliphatic heterocycles. The van der Waals surface area contributed by atoms with Gasteiger partial charge >= 0.3 is 0 Å². The van der Waals surface area contributed by atoms with Gasteiger partial charge in [0, 0.05) is 0 Å². The van der Waals surface area contributed by atoms with E-state index in [9.17, 15) is 4.79 Å². The largest absolute Gasteiger partial charge is 0.296 e. The first-order valence-corrected chi connectivity index (χ1v) is 5.27. The number of rotatable bonds is 2. The molecule has 76 valence electrons. The maximum absolute atomic E-state index is 10.9. The number of hydrogen-bond acceptors (Lipinski definition) is 2. The lowest BCUT2D eigenvalue weighted by atomic mass is 10.2. The predicted molar refractivity (Wildman–Crippen MR) is 61.4 cm³/mol. The minimum absolute atomic E-state index is 0.528. The minimum Gasteiger partial charge on any atom is -0.296 e. The number of benzene rings is 1. The average Bonchev–Trinajstić information content (AvgIpc) is 2.59. The molecule has 2 aromatic rings. The summed E-state index contributed by atoms with van der Waals surface area (Å²) in [4.78, 5) is 10.9. The number of aromatic nitrogens is 2. The molecule has 0 unspecified atom stereocenters. The van der Waals surface area contributed by atoms with E-state index in [1.165, 1.54) is 0 Å². The molecule has 0 amide bonds. The lowest BCUT2D eigenvalue weighted by Crippen LogP contribution is -2.01. The van der Waals surface area contributed by atoms with Crippen molar-refractivity contribution in [1.29, 1.82) is 0 Å². The van der Waals surface area contributed by atoms with E-state index in [1.54, 1.807) is 10.9 Å². The molecule has 2 rings (SSSR count). The van der Waals surface area contributed by atoms with E-state index in [1.807, 2.05) is 31.2 Å². The van der Waals surface area contributed by atoms with E-state index in [0.29, 0.717) is 10.2 Å². The molecule has 0 aliphatic carbocycles. The predicted octanol–water partition coefficient (Wildman–Crippen LogP) is 2.76. The Morgan fingerprint density at radius 2 is 2.27 bits per heavy atom. The fourth-order valence-electron chi connectivity index (χ4n) is 1.41. The average molecular weight is 265 g/mol. The van der Waals surface area contributed by atoms with E-state index >= 15 is 0 Å². The highest BCUT2D eigenvalue weighted by Crippen LogP contribution is 2.18. The molecular weight excluding hydrogens is 256 g/mol. The van der Waals surface area contributed by atoms with Gasteiger partial charge < -0.3 is 0 Å². The van der Waals surface area contributed by atoms with Crippen LogP contribution in [0.25, 0.3) is 5.69 Å².